The van der Waals surface area contributed by atoms with E-state index in [0.717, 1.165) is 19.0 Å². The van der Waals surface area contributed by atoms with Crippen molar-refractivity contribution in [3.63, 3.8) is 0 Å². The van der Waals surface area contributed by atoms with Crippen molar-refractivity contribution in [2.24, 2.45) is 5.92 Å². The molecule has 1 fully saturated rings. The average Bonchev–Trinajstić information content (AvgIpc) is 2.56. The molecule has 1 aromatic carbocycles. The van der Waals surface area contributed by atoms with Crippen LogP contribution in [0.3, 0.4) is 0 Å². The third kappa shape index (κ3) is 6.65. The van der Waals surface area contributed by atoms with Crippen LogP contribution in [0.25, 0.3) is 0 Å². The number of ether oxygens (including phenoxy) is 1. The van der Waals surface area contributed by atoms with Crippen molar-refractivity contribution in [1.82, 2.24) is 4.90 Å². The molecule has 2 rings (SSSR count). The number of aliphatic hydroxyl groups excluding tert-OH is 1. The zero-order valence-electron chi connectivity index (χ0n) is 15.1. The van der Waals surface area contributed by atoms with Crippen molar-refractivity contribution in [3.05, 3.63) is 35.9 Å². The molecule has 1 N–H and O–H groups in total. The second-order valence-electron chi connectivity index (χ2n) is 7.54. The number of β-amino-alcohol motifs (C(OH)–C–C–N with tert-alkyl or cyclic N) is 1. The Morgan fingerprint density at radius 2 is 1.96 bits per heavy atom. The van der Waals surface area contributed by atoms with Crippen LogP contribution in [0.2, 0.25) is 0 Å². The zero-order chi connectivity index (χ0) is 17.4. The van der Waals surface area contributed by atoms with Crippen LogP contribution in [-0.4, -0.2) is 48.0 Å². The molecule has 1 aromatic rings. The van der Waals surface area contributed by atoms with E-state index in [1.165, 1.54) is 24.8 Å². The highest BCUT2D eigenvalue weighted by atomic mass is 16.5. The number of hydrogen-bond donors (Lipinski definition) is 1. The molecule has 3 nitrogen and oxygen atoms in total. The molecule has 132 valence electrons. The minimum absolute atomic E-state index is 0.346. The molecule has 0 saturated carbocycles. The van der Waals surface area contributed by atoms with E-state index in [1.807, 2.05) is 13.8 Å². The van der Waals surface area contributed by atoms with Crippen LogP contribution in [0.4, 0.5) is 0 Å². The lowest BCUT2D eigenvalue weighted by molar-refractivity contribution is -0.0645. The number of piperidine rings is 1. The topological polar surface area (TPSA) is 32.7 Å². The van der Waals surface area contributed by atoms with Gasteiger partial charge in [-0.1, -0.05) is 30.3 Å². The van der Waals surface area contributed by atoms with Crippen molar-refractivity contribution in [3.8, 4) is 12.3 Å². The maximum absolute atomic E-state index is 10.2. The van der Waals surface area contributed by atoms with Gasteiger partial charge in [0.25, 0.3) is 0 Å². The van der Waals surface area contributed by atoms with Gasteiger partial charge in [-0.05, 0) is 57.7 Å². The van der Waals surface area contributed by atoms with E-state index < -0.39 is 6.10 Å². The molecule has 24 heavy (non-hydrogen) atoms. The maximum Gasteiger partial charge on any atom is 0.0900 e. The summed E-state index contributed by atoms with van der Waals surface area (Å²) in [5, 5.41) is 10.2. The molecular formula is C21H31NO2. The summed E-state index contributed by atoms with van der Waals surface area (Å²) in [6.07, 6.45) is 9.01. The summed E-state index contributed by atoms with van der Waals surface area (Å²) < 4.78 is 5.75. The van der Waals surface area contributed by atoms with Gasteiger partial charge >= 0.3 is 0 Å². The van der Waals surface area contributed by atoms with Gasteiger partial charge in [-0.15, -0.1) is 12.3 Å². The number of rotatable bonds is 8. The summed E-state index contributed by atoms with van der Waals surface area (Å²) in [4.78, 5) is 2.35. The van der Waals surface area contributed by atoms with Gasteiger partial charge in [0.15, 0.2) is 0 Å². The molecule has 1 heterocycles. The molecule has 0 radical (unpaired) electrons. The standard InChI is InChI=1S/C21H31NO2/c1-4-12-21(2,3)24-17-20(23)16-22-13-10-19(11-14-22)15-18-8-6-5-7-9-18/h1,5-9,19-20,23H,10-17H2,2-3H3/t20-/m0/s1. The van der Waals surface area contributed by atoms with Gasteiger partial charge in [0.2, 0.25) is 0 Å². The Morgan fingerprint density at radius 1 is 1.29 bits per heavy atom. The molecule has 1 saturated heterocycles. The Kier molecular flexibility index (Phi) is 7.30. The van der Waals surface area contributed by atoms with E-state index in [0.29, 0.717) is 19.6 Å². The first-order valence-corrected chi connectivity index (χ1v) is 9.00. The predicted octanol–water partition coefficient (Wildman–Crippen LogP) is 3.12. The van der Waals surface area contributed by atoms with Gasteiger partial charge in [0.05, 0.1) is 18.3 Å². The first-order chi connectivity index (χ1) is 11.5. The summed E-state index contributed by atoms with van der Waals surface area (Å²) in [7, 11) is 0. The molecular weight excluding hydrogens is 298 g/mol. The van der Waals surface area contributed by atoms with Gasteiger partial charge in [-0.2, -0.15) is 0 Å². The second-order valence-corrected chi connectivity index (χ2v) is 7.54. The summed E-state index contributed by atoms with van der Waals surface area (Å²) in [5.41, 5.74) is 1.07. The SMILES string of the molecule is C#CCC(C)(C)OC[C@@H](O)CN1CCC(Cc2ccccc2)CC1. The highest BCUT2D eigenvalue weighted by Gasteiger charge is 2.23. The van der Waals surface area contributed by atoms with Crippen molar-refractivity contribution in [1.29, 1.82) is 0 Å². The van der Waals surface area contributed by atoms with E-state index in [2.05, 4.69) is 41.2 Å². The first kappa shape index (κ1) is 19.0. The minimum Gasteiger partial charge on any atom is -0.389 e. The maximum atomic E-state index is 10.2. The fraction of sp³-hybridized carbons (Fsp3) is 0.619. The highest BCUT2D eigenvalue weighted by molar-refractivity contribution is 5.15. The van der Waals surface area contributed by atoms with Crippen LogP contribution in [0.5, 0.6) is 0 Å². The Balaban J connectivity index is 1.66. The van der Waals surface area contributed by atoms with Crippen molar-refractivity contribution < 1.29 is 9.84 Å². The van der Waals surface area contributed by atoms with Gasteiger partial charge in [0, 0.05) is 13.0 Å². The van der Waals surface area contributed by atoms with Crippen LogP contribution in [0, 0.1) is 18.3 Å². The lowest BCUT2D eigenvalue weighted by Gasteiger charge is -2.34. The third-order valence-corrected chi connectivity index (χ3v) is 4.74. The predicted molar refractivity (Wildman–Crippen MR) is 98.8 cm³/mol. The quantitative estimate of drug-likeness (QED) is 0.744. The molecule has 0 spiro atoms. The molecule has 1 aliphatic heterocycles. The number of nitrogens with zero attached hydrogens (tertiary/aromatic N) is 1. The van der Waals surface area contributed by atoms with Gasteiger partial charge in [-0.3, -0.25) is 0 Å². The third-order valence-electron chi connectivity index (χ3n) is 4.74. The Morgan fingerprint density at radius 3 is 2.58 bits per heavy atom. The minimum atomic E-state index is -0.451. The van der Waals surface area contributed by atoms with Crippen LogP contribution in [-0.2, 0) is 11.2 Å². The largest absolute Gasteiger partial charge is 0.389 e. The van der Waals surface area contributed by atoms with Crippen molar-refractivity contribution in [2.45, 2.75) is 51.2 Å². The zero-order valence-corrected chi connectivity index (χ0v) is 15.1. The summed E-state index contributed by atoms with van der Waals surface area (Å²) in [6.45, 7) is 7.08. The van der Waals surface area contributed by atoms with Crippen LogP contribution >= 0.6 is 0 Å². The highest BCUT2D eigenvalue weighted by Crippen LogP contribution is 2.22. The van der Waals surface area contributed by atoms with E-state index in [-0.39, 0.29) is 5.60 Å². The molecule has 0 amide bonds. The Hall–Kier alpha value is -1.34. The number of aliphatic hydroxyl groups is 1. The van der Waals surface area contributed by atoms with E-state index >= 15 is 0 Å². The van der Waals surface area contributed by atoms with Gasteiger partial charge < -0.3 is 14.7 Å². The van der Waals surface area contributed by atoms with Crippen molar-refractivity contribution >= 4 is 0 Å². The molecule has 0 aliphatic carbocycles. The molecule has 1 aliphatic rings. The normalized spacial score (nSPS) is 18.2. The number of terminal acetylenes is 1. The summed E-state index contributed by atoms with van der Waals surface area (Å²) in [5.74, 6) is 3.38. The van der Waals surface area contributed by atoms with E-state index in [9.17, 15) is 5.11 Å². The lowest BCUT2D eigenvalue weighted by atomic mass is 9.90. The smallest absolute Gasteiger partial charge is 0.0900 e. The fourth-order valence-electron chi connectivity index (χ4n) is 3.29. The van der Waals surface area contributed by atoms with Crippen molar-refractivity contribution in [2.75, 3.05) is 26.2 Å². The van der Waals surface area contributed by atoms with Crippen LogP contribution < -0.4 is 0 Å². The Labute approximate surface area is 147 Å². The molecule has 0 unspecified atom stereocenters. The van der Waals surface area contributed by atoms with Gasteiger partial charge in [-0.25, -0.2) is 0 Å². The van der Waals surface area contributed by atoms with E-state index in [1.54, 1.807) is 0 Å². The average molecular weight is 329 g/mol. The summed E-state index contributed by atoms with van der Waals surface area (Å²) in [6, 6.07) is 10.7. The first-order valence-electron chi connectivity index (χ1n) is 9.00. The number of benzene rings is 1. The van der Waals surface area contributed by atoms with E-state index in [4.69, 9.17) is 11.2 Å². The van der Waals surface area contributed by atoms with Gasteiger partial charge in [0.1, 0.15) is 0 Å². The van der Waals surface area contributed by atoms with Crippen LogP contribution in [0.1, 0.15) is 38.7 Å². The lowest BCUT2D eigenvalue weighted by Crippen LogP contribution is -2.41. The molecule has 0 bridgehead atoms. The number of likely N-dealkylation sites (tertiary alicyclic amines) is 1. The summed E-state index contributed by atoms with van der Waals surface area (Å²) >= 11 is 0. The van der Waals surface area contributed by atoms with Crippen LogP contribution in [0.15, 0.2) is 30.3 Å². The monoisotopic (exact) mass is 329 g/mol. The molecule has 1 atom stereocenters. The number of hydrogen-bond acceptors (Lipinski definition) is 3. The molecule has 3 heteroatoms. The molecule has 0 aromatic heterocycles. The second kappa shape index (κ2) is 9.22. The fourth-order valence-corrected chi connectivity index (χ4v) is 3.29. The Bertz CT molecular complexity index is 512.